The summed E-state index contributed by atoms with van der Waals surface area (Å²) in [6.07, 6.45) is 2.26. The lowest BCUT2D eigenvalue weighted by Gasteiger charge is -2.30. The quantitative estimate of drug-likeness (QED) is 0.446. The molecule has 0 heterocycles. The van der Waals surface area contributed by atoms with Crippen molar-refractivity contribution in [2.75, 3.05) is 6.26 Å². The zero-order chi connectivity index (χ0) is 18.0. The summed E-state index contributed by atoms with van der Waals surface area (Å²) in [5, 5.41) is 11.0. The van der Waals surface area contributed by atoms with Crippen molar-refractivity contribution in [3.05, 3.63) is 34.4 Å². The summed E-state index contributed by atoms with van der Waals surface area (Å²) in [5.41, 5.74) is -0.540. The molecule has 0 aromatic heterocycles. The summed E-state index contributed by atoms with van der Waals surface area (Å²) >= 11 is 0. The van der Waals surface area contributed by atoms with Gasteiger partial charge in [-0.2, -0.15) is 8.42 Å². The summed E-state index contributed by atoms with van der Waals surface area (Å²) in [6, 6.07) is 4.22. The number of nitrogens with zero attached hydrogens (tertiary/aromatic N) is 1. The van der Waals surface area contributed by atoms with Gasteiger partial charge in [-0.05, 0) is 18.9 Å². The molecule has 0 unspecified atom stereocenters. The summed E-state index contributed by atoms with van der Waals surface area (Å²) < 4.78 is 55.0. The third kappa shape index (κ3) is 4.72. The van der Waals surface area contributed by atoms with Crippen LogP contribution in [0.15, 0.2) is 29.2 Å². The molecule has 0 aliphatic heterocycles. The van der Waals surface area contributed by atoms with Crippen LogP contribution in [0.3, 0.4) is 0 Å². The lowest BCUT2D eigenvalue weighted by Crippen LogP contribution is -2.46. The Kier molecular flexibility index (Phi) is 5.58. The first kappa shape index (κ1) is 18.8. The molecule has 2 atom stereocenters. The Hall–Kier alpha value is -1.56. The highest BCUT2D eigenvalue weighted by molar-refractivity contribution is 7.89. The normalized spacial score (nSPS) is 22.2. The molecule has 1 aliphatic carbocycles. The van der Waals surface area contributed by atoms with Gasteiger partial charge in [-0.25, -0.2) is 13.1 Å². The SMILES string of the molecule is CS(=O)(=O)O[C@H]1CCCC[C@@H]1NS(=O)(=O)c1ccccc1[N+](=O)[O-]. The smallest absolute Gasteiger partial charge is 0.265 e. The third-order valence-electron chi connectivity index (χ3n) is 3.66. The molecule has 9 nitrogen and oxygen atoms in total. The Labute approximate surface area is 140 Å². The van der Waals surface area contributed by atoms with E-state index in [9.17, 15) is 26.9 Å². The van der Waals surface area contributed by atoms with Crippen molar-refractivity contribution in [3.63, 3.8) is 0 Å². The van der Waals surface area contributed by atoms with Gasteiger partial charge in [0.2, 0.25) is 10.0 Å². The largest absolute Gasteiger partial charge is 0.289 e. The standard InChI is InChI=1S/C13H18N2O7S2/c1-23(18,19)22-12-8-4-2-6-10(12)14-24(20,21)13-9-5-3-7-11(13)15(16)17/h3,5,7,9-10,12,14H,2,4,6,8H2,1H3/t10-,12-/m0/s1. The Balaban J connectivity index is 2.29. The molecule has 1 aliphatic rings. The van der Waals surface area contributed by atoms with Crippen LogP contribution in [-0.2, 0) is 24.3 Å². The van der Waals surface area contributed by atoms with Gasteiger partial charge in [0.1, 0.15) is 0 Å². The van der Waals surface area contributed by atoms with Crippen molar-refractivity contribution in [2.45, 2.75) is 42.7 Å². The minimum Gasteiger partial charge on any atom is -0.265 e. The van der Waals surface area contributed by atoms with Crippen LogP contribution in [0.4, 0.5) is 5.69 Å². The topological polar surface area (TPSA) is 133 Å². The van der Waals surface area contributed by atoms with E-state index in [-0.39, 0.29) is 0 Å². The minimum atomic E-state index is -4.19. The van der Waals surface area contributed by atoms with Crippen LogP contribution in [0, 0.1) is 10.1 Å². The second-order valence-corrected chi connectivity index (χ2v) is 8.86. The second kappa shape index (κ2) is 7.13. The van der Waals surface area contributed by atoms with Crippen molar-refractivity contribution in [1.82, 2.24) is 4.72 Å². The number of hydrogen-bond donors (Lipinski definition) is 1. The molecule has 134 valence electrons. The van der Waals surface area contributed by atoms with Crippen LogP contribution in [0.25, 0.3) is 0 Å². The third-order valence-corrected chi connectivity index (χ3v) is 5.79. The Morgan fingerprint density at radius 1 is 1.17 bits per heavy atom. The average molecular weight is 378 g/mol. The van der Waals surface area contributed by atoms with Gasteiger partial charge in [-0.1, -0.05) is 25.0 Å². The highest BCUT2D eigenvalue weighted by atomic mass is 32.2. The zero-order valence-electron chi connectivity index (χ0n) is 12.9. The van der Waals surface area contributed by atoms with Crippen molar-refractivity contribution >= 4 is 25.8 Å². The summed E-state index contributed by atoms with van der Waals surface area (Å²) in [7, 11) is -7.93. The Bertz CT molecular complexity index is 820. The van der Waals surface area contributed by atoms with Gasteiger partial charge in [0.15, 0.2) is 4.90 Å². The van der Waals surface area contributed by atoms with Crippen molar-refractivity contribution < 1.29 is 25.9 Å². The predicted molar refractivity (Wildman–Crippen MR) is 85.4 cm³/mol. The highest BCUT2D eigenvalue weighted by Gasteiger charge is 2.34. The fourth-order valence-corrected chi connectivity index (χ4v) is 4.82. The van der Waals surface area contributed by atoms with Crippen LogP contribution >= 0.6 is 0 Å². The Morgan fingerprint density at radius 3 is 2.42 bits per heavy atom. The number of nitro groups is 1. The molecule has 0 radical (unpaired) electrons. The van der Waals surface area contributed by atoms with Gasteiger partial charge in [-0.15, -0.1) is 0 Å². The first-order valence-corrected chi connectivity index (χ1v) is 10.5. The molecule has 24 heavy (non-hydrogen) atoms. The van der Waals surface area contributed by atoms with Crippen molar-refractivity contribution in [3.8, 4) is 0 Å². The van der Waals surface area contributed by atoms with Gasteiger partial charge in [-0.3, -0.25) is 14.3 Å². The van der Waals surface area contributed by atoms with E-state index in [0.717, 1.165) is 18.4 Å². The van der Waals surface area contributed by atoms with Gasteiger partial charge in [0, 0.05) is 12.1 Å². The number of rotatable bonds is 6. The van der Waals surface area contributed by atoms with Crippen LogP contribution in [0.2, 0.25) is 0 Å². The van der Waals surface area contributed by atoms with Gasteiger partial charge in [0.05, 0.1) is 17.3 Å². The molecule has 1 aromatic carbocycles. The van der Waals surface area contributed by atoms with Gasteiger partial charge in [0.25, 0.3) is 15.8 Å². The molecule has 0 amide bonds. The zero-order valence-corrected chi connectivity index (χ0v) is 14.5. The van der Waals surface area contributed by atoms with E-state index in [4.69, 9.17) is 4.18 Å². The molecular formula is C13H18N2O7S2. The van der Waals surface area contributed by atoms with E-state index in [1.165, 1.54) is 12.1 Å². The minimum absolute atomic E-state index is 0.386. The van der Waals surface area contributed by atoms with Gasteiger partial charge < -0.3 is 0 Å². The van der Waals surface area contributed by atoms with E-state index in [2.05, 4.69) is 4.72 Å². The van der Waals surface area contributed by atoms with E-state index in [1.54, 1.807) is 0 Å². The maximum absolute atomic E-state index is 12.5. The van der Waals surface area contributed by atoms with Crippen LogP contribution < -0.4 is 4.72 Å². The summed E-state index contributed by atoms with van der Waals surface area (Å²) in [5.74, 6) is 0. The number of hydrogen-bond acceptors (Lipinski definition) is 7. The van der Waals surface area contributed by atoms with Crippen LogP contribution in [0.5, 0.6) is 0 Å². The molecule has 1 N–H and O–H groups in total. The number of nitro benzene ring substituents is 1. The summed E-state index contributed by atoms with van der Waals surface area (Å²) in [6.45, 7) is 0. The Morgan fingerprint density at radius 2 is 1.79 bits per heavy atom. The van der Waals surface area contributed by atoms with Crippen molar-refractivity contribution in [1.29, 1.82) is 0 Å². The molecule has 1 fully saturated rings. The second-order valence-electron chi connectivity index (χ2n) is 5.58. The lowest BCUT2D eigenvalue weighted by molar-refractivity contribution is -0.387. The van der Waals surface area contributed by atoms with Crippen LogP contribution in [-0.4, -0.2) is 40.2 Å². The highest BCUT2D eigenvalue weighted by Crippen LogP contribution is 2.27. The fourth-order valence-electron chi connectivity index (χ4n) is 2.67. The molecule has 11 heteroatoms. The van der Waals surface area contributed by atoms with E-state index in [0.29, 0.717) is 25.7 Å². The number of nitrogens with one attached hydrogen (secondary N) is 1. The number of sulfonamides is 1. The van der Waals surface area contributed by atoms with Gasteiger partial charge >= 0.3 is 0 Å². The number of para-hydroxylation sites is 1. The molecule has 1 saturated carbocycles. The van der Waals surface area contributed by atoms with Crippen LogP contribution in [0.1, 0.15) is 25.7 Å². The van der Waals surface area contributed by atoms with E-state index >= 15 is 0 Å². The summed E-state index contributed by atoms with van der Waals surface area (Å²) in [4.78, 5) is 9.78. The average Bonchev–Trinajstić information content (AvgIpc) is 2.47. The number of benzene rings is 1. The molecule has 1 aromatic rings. The van der Waals surface area contributed by atoms with E-state index < -0.39 is 47.8 Å². The maximum Gasteiger partial charge on any atom is 0.289 e. The van der Waals surface area contributed by atoms with Crippen molar-refractivity contribution in [2.24, 2.45) is 0 Å². The lowest BCUT2D eigenvalue weighted by atomic mass is 9.93. The molecule has 2 rings (SSSR count). The maximum atomic E-state index is 12.5. The molecule has 0 saturated heterocycles. The molecule has 0 bridgehead atoms. The van der Waals surface area contributed by atoms with E-state index in [1.807, 2.05) is 0 Å². The first-order chi connectivity index (χ1) is 11.1. The molecular weight excluding hydrogens is 360 g/mol. The monoisotopic (exact) mass is 378 g/mol. The molecule has 0 spiro atoms. The predicted octanol–water partition coefficient (Wildman–Crippen LogP) is 1.16. The first-order valence-electron chi connectivity index (χ1n) is 7.24. The fraction of sp³-hybridized carbons (Fsp3) is 0.538.